The topological polar surface area (TPSA) is 9.23 Å². The quantitative estimate of drug-likeness (QED) is 0.694. The van der Waals surface area contributed by atoms with Crippen molar-refractivity contribution in [3.8, 4) is 0 Å². The SMILES string of the molecule is COCC1CCC(C2CCC(C(C)CF)CC2)CC1. The third-order valence-electron chi connectivity index (χ3n) is 5.83. The van der Waals surface area contributed by atoms with E-state index in [1.807, 2.05) is 7.11 Å². The maximum Gasteiger partial charge on any atom is 0.0922 e. The van der Waals surface area contributed by atoms with Crippen LogP contribution in [0.5, 0.6) is 0 Å². The molecule has 0 spiro atoms. The van der Waals surface area contributed by atoms with Crippen LogP contribution in [0, 0.1) is 29.6 Å². The van der Waals surface area contributed by atoms with E-state index in [0.29, 0.717) is 11.8 Å². The summed E-state index contributed by atoms with van der Waals surface area (Å²) in [4.78, 5) is 0. The molecule has 2 aliphatic carbocycles. The fraction of sp³-hybridized carbons (Fsp3) is 1.00. The van der Waals surface area contributed by atoms with Crippen LogP contribution in [-0.4, -0.2) is 20.4 Å². The fourth-order valence-corrected chi connectivity index (χ4v) is 4.37. The van der Waals surface area contributed by atoms with Gasteiger partial charge in [0.2, 0.25) is 0 Å². The van der Waals surface area contributed by atoms with Crippen LogP contribution >= 0.6 is 0 Å². The number of alkyl halides is 1. The highest BCUT2D eigenvalue weighted by Crippen LogP contribution is 2.42. The van der Waals surface area contributed by atoms with E-state index in [-0.39, 0.29) is 6.67 Å². The van der Waals surface area contributed by atoms with E-state index in [1.165, 1.54) is 51.4 Å². The molecule has 1 unspecified atom stereocenters. The van der Waals surface area contributed by atoms with Gasteiger partial charge in [0.1, 0.15) is 0 Å². The lowest BCUT2D eigenvalue weighted by Gasteiger charge is -2.38. The van der Waals surface area contributed by atoms with Crippen molar-refractivity contribution < 1.29 is 9.13 Å². The van der Waals surface area contributed by atoms with Gasteiger partial charge in [-0.05, 0) is 81.0 Å². The first-order valence-corrected chi connectivity index (χ1v) is 8.29. The van der Waals surface area contributed by atoms with Crippen LogP contribution in [-0.2, 0) is 4.74 Å². The molecule has 0 N–H and O–H groups in total. The van der Waals surface area contributed by atoms with Gasteiger partial charge in [-0.2, -0.15) is 0 Å². The molecular formula is C17H31FO. The monoisotopic (exact) mass is 270 g/mol. The molecule has 1 atom stereocenters. The van der Waals surface area contributed by atoms with Crippen LogP contribution in [0.15, 0.2) is 0 Å². The summed E-state index contributed by atoms with van der Waals surface area (Å²) in [5.74, 6) is 3.65. The fourth-order valence-electron chi connectivity index (χ4n) is 4.37. The molecule has 0 aromatic carbocycles. The van der Waals surface area contributed by atoms with Crippen LogP contribution in [0.3, 0.4) is 0 Å². The summed E-state index contributed by atoms with van der Waals surface area (Å²) in [7, 11) is 1.82. The molecule has 0 aromatic heterocycles. The maximum atomic E-state index is 12.7. The van der Waals surface area contributed by atoms with E-state index < -0.39 is 0 Å². The Morgan fingerprint density at radius 1 is 0.947 bits per heavy atom. The van der Waals surface area contributed by atoms with Crippen molar-refractivity contribution in [3.63, 3.8) is 0 Å². The molecule has 0 bridgehead atoms. The molecule has 2 fully saturated rings. The summed E-state index contributed by atoms with van der Waals surface area (Å²) in [6.07, 6.45) is 10.8. The zero-order valence-corrected chi connectivity index (χ0v) is 12.7. The van der Waals surface area contributed by atoms with Crippen molar-refractivity contribution in [1.82, 2.24) is 0 Å². The summed E-state index contributed by atoms with van der Waals surface area (Å²) in [5, 5.41) is 0. The second kappa shape index (κ2) is 7.61. The number of methoxy groups -OCH3 is 1. The molecule has 0 aliphatic heterocycles. The molecule has 2 aliphatic rings. The smallest absolute Gasteiger partial charge is 0.0922 e. The number of rotatable bonds is 5. The highest BCUT2D eigenvalue weighted by atomic mass is 19.1. The second-order valence-corrected chi connectivity index (χ2v) is 7.04. The molecule has 2 saturated carbocycles. The van der Waals surface area contributed by atoms with Crippen LogP contribution in [0.2, 0.25) is 0 Å². The molecule has 0 amide bonds. The lowest BCUT2D eigenvalue weighted by atomic mass is 9.68. The highest BCUT2D eigenvalue weighted by molar-refractivity contribution is 4.83. The van der Waals surface area contributed by atoms with Crippen LogP contribution in [0.1, 0.15) is 58.3 Å². The Kier molecular flexibility index (Phi) is 6.12. The Bertz CT molecular complexity index is 240. The van der Waals surface area contributed by atoms with E-state index in [1.54, 1.807) is 0 Å². The summed E-state index contributed by atoms with van der Waals surface area (Å²) in [6.45, 7) is 2.91. The molecule has 0 heterocycles. The predicted molar refractivity (Wildman–Crippen MR) is 77.9 cm³/mol. The standard InChI is InChI=1S/C17H31FO/c1-13(11-18)15-7-9-17(10-8-15)16-5-3-14(4-6-16)12-19-2/h13-17H,3-12H2,1-2H3. The lowest BCUT2D eigenvalue weighted by molar-refractivity contribution is 0.0865. The van der Waals surface area contributed by atoms with Gasteiger partial charge in [-0.25, -0.2) is 0 Å². The summed E-state index contributed by atoms with van der Waals surface area (Å²) in [6, 6.07) is 0. The number of ether oxygens (including phenoxy) is 1. The second-order valence-electron chi connectivity index (χ2n) is 7.04. The molecule has 19 heavy (non-hydrogen) atoms. The Hall–Kier alpha value is -0.110. The van der Waals surface area contributed by atoms with Gasteiger partial charge >= 0.3 is 0 Å². The molecule has 0 aromatic rings. The predicted octanol–water partition coefficient (Wildman–Crippen LogP) is 4.85. The number of hydrogen-bond acceptors (Lipinski definition) is 1. The van der Waals surface area contributed by atoms with Crippen LogP contribution in [0.25, 0.3) is 0 Å². The third kappa shape index (κ3) is 4.18. The van der Waals surface area contributed by atoms with E-state index in [9.17, 15) is 4.39 Å². The minimum atomic E-state index is -0.128. The first kappa shape index (κ1) is 15.3. The zero-order valence-electron chi connectivity index (χ0n) is 12.7. The van der Waals surface area contributed by atoms with E-state index in [0.717, 1.165) is 24.4 Å². The number of hydrogen-bond donors (Lipinski definition) is 0. The van der Waals surface area contributed by atoms with E-state index in [2.05, 4.69) is 6.92 Å². The van der Waals surface area contributed by atoms with Gasteiger partial charge in [0.15, 0.2) is 0 Å². The van der Waals surface area contributed by atoms with Gasteiger partial charge in [0, 0.05) is 13.7 Å². The van der Waals surface area contributed by atoms with Crippen molar-refractivity contribution in [2.75, 3.05) is 20.4 Å². The molecular weight excluding hydrogens is 239 g/mol. The van der Waals surface area contributed by atoms with Crippen molar-refractivity contribution in [2.24, 2.45) is 29.6 Å². The van der Waals surface area contributed by atoms with Gasteiger partial charge in [-0.3, -0.25) is 4.39 Å². The zero-order chi connectivity index (χ0) is 13.7. The Balaban J connectivity index is 1.71. The summed E-state index contributed by atoms with van der Waals surface area (Å²) in [5.41, 5.74) is 0. The van der Waals surface area contributed by atoms with Gasteiger partial charge < -0.3 is 4.74 Å². The Morgan fingerprint density at radius 2 is 1.47 bits per heavy atom. The highest BCUT2D eigenvalue weighted by Gasteiger charge is 2.32. The summed E-state index contributed by atoms with van der Waals surface area (Å²) < 4.78 is 18.0. The number of halogens is 1. The van der Waals surface area contributed by atoms with Crippen LogP contribution < -0.4 is 0 Å². The Labute approximate surface area is 118 Å². The van der Waals surface area contributed by atoms with E-state index in [4.69, 9.17) is 4.74 Å². The van der Waals surface area contributed by atoms with Gasteiger partial charge in [-0.1, -0.05) is 6.92 Å². The normalized spacial score (nSPS) is 38.1. The van der Waals surface area contributed by atoms with Gasteiger partial charge in [0.05, 0.1) is 6.67 Å². The first-order chi connectivity index (χ1) is 9.24. The Morgan fingerprint density at radius 3 is 1.95 bits per heavy atom. The first-order valence-electron chi connectivity index (χ1n) is 8.29. The van der Waals surface area contributed by atoms with Crippen molar-refractivity contribution in [2.45, 2.75) is 58.3 Å². The van der Waals surface area contributed by atoms with Gasteiger partial charge in [0.25, 0.3) is 0 Å². The molecule has 1 nitrogen and oxygen atoms in total. The molecule has 2 rings (SSSR count). The largest absolute Gasteiger partial charge is 0.384 e. The average Bonchev–Trinajstić information content (AvgIpc) is 2.48. The molecule has 2 heteroatoms. The van der Waals surface area contributed by atoms with Crippen molar-refractivity contribution in [3.05, 3.63) is 0 Å². The third-order valence-corrected chi connectivity index (χ3v) is 5.83. The van der Waals surface area contributed by atoms with Gasteiger partial charge in [-0.15, -0.1) is 0 Å². The summed E-state index contributed by atoms with van der Waals surface area (Å²) >= 11 is 0. The minimum absolute atomic E-state index is 0.128. The molecule has 0 radical (unpaired) electrons. The average molecular weight is 270 g/mol. The minimum Gasteiger partial charge on any atom is -0.384 e. The molecule has 112 valence electrons. The van der Waals surface area contributed by atoms with Crippen molar-refractivity contribution in [1.29, 1.82) is 0 Å². The van der Waals surface area contributed by atoms with Crippen molar-refractivity contribution >= 4 is 0 Å². The lowest BCUT2D eigenvalue weighted by Crippen LogP contribution is -2.28. The van der Waals surface area contributed by atoms with E-state index >= 15 is 0 Å². The molecule has 0 saturated heterocycles. The van der Waals surface area contributed by atoms with Crippen LogP contribution in [0.4, 0.5) is 4.39 Å². The maximum absolute atomic E-state index is 12.7.